The maximum absolute atomic E-state index is 13.4. The van der Waals surface area contributed by atoms with Gasteiger partial charge in [0.1, 0.15) is 5.82 Å². The number of carbonyl (C=O) groups is 2. The average Bonchev–Trinajstić information content (AvgIpc) is 3.38. The van der Waals surface area contributed by atoms with E-state index >= 15 is 0 Å². The maximum atomic E-state index is 13.4. The monoisotopic (exact) mass is 494 g/mol. The fourth-order valence-electron chi connectivity index (χ4n) is 4.34. The number of anilines is 1. The van der Waals surface area contributed by atoms with Crippen molar-refractivity contribution in [2.75, 3.05) is 44.6 Å². The molecule has 0 radical (unpaired) electrons. The van der Waals surface area contributed by atoms with Gasteiger partial charge in [0.25, 0.3) is 0 Å². The van der Waals surface area contributed by atoms with Gasteiger partial charge in [-0.3, -0.25) is 19.8 Å². The van der Waals surface area contributed by atoms with Gasteiger partial charge in [0.2, 0.25) is 11.8 Å². The van der Waals surface area contributed by atoms with Crippen molar-refractivity contribution in [3.05, 3.63) is 87.4 Å². The van der Waals surface area contributed by atoms with Crippen LogP contribution in [0.5, 0.6) is 0 Å². The highest BCUT2D eigenvalue weighted by Gasteiger charge is 2.24. The van der Waals surface area contributed by atoms with Gasteiger partial charge in [-0.2, -0.15) is 0 Å². The van der Waals surface area contributed by atoms with E-state index in [0.717, 1.165) is 27.3 Å². The third-order valence-electron chi connectivity index (χ3n) is 6.33. The Hall–Kier alpha value is -3.07. The van der Waals surface area contributed by atoms with Crippen LogP contribution in [0.15, 0.2) is 60.0 Å². The number of nitrogens with one attached hydrogen (secondary N) is 2. The molecule has 0 unspecified atom stereocenters. The van der Waals surface area contributed by atoms with Crippen molar-refractivity contribution in [3.63, 3.8) is 0 Å². The predicted molar refractivity (Wildman–Crippen MR) is 138 cm³/mol. The van der Waals surface area contributed by atoms with Crippen LogP contribution in [0, 0.1) is 19.7 Å². The number of hydrogen-bond acceptors (Lipinski definition) is 5. The summed E-state index contributed by atoms with van der Waals surface area (Å²) in [6, 6.07) is 16.1. The van der Waals surface area contributed by atoms with Crippen LogP contribution in [0.1, 0.15) is 27.6 Å². The van der Waals surface area contributed by atoms with Crippen molar-refractivity contribution < 1.29 is 14.0 Å². The molecule has 1 aliphatic rings. The number of para-hydroxylation sites is 1. The Morgan fingerprint density at radius 3 is 2.29 bits per heavy atom. The van der Waals surface area contributed by atoms with Crippen molar-refractivity contribution in [2.24, 2.45) is 0 Å². The number of hydrogen-bond donors (Lipinski definition) is 2. The predicted octanol–water partition coefficient (Wildman–Crippen LogP) is 3.97. The third-order valence-corrected chi connectivity index (χ3v) is 7.26. The van der Waals surface area contributed by atoms with Crippen molar-refractivity contribution in [3.8, 4) is 0 Å². The molecule has 6 nitrogen and oxygen atoms in total. The van der Waals surface area contributed by atoms with E-state index in [9.17, 15) is 14.0 Å². The number of halogens is 1. The molecule has 1 atom stereocenters. The first-order valence-corrected chi connectivity index (χ1v) is 12.7. The van der Waals surface area contributed by atoms with Crippen LogP contribution >= 0.6 is 11.3 Å². The normalized spacial score (nSPS) is 15.1. The van der Waals surface area contributed by atoms with Crippen LogP contribution in [0.2, 0.25) is 0 Å². The molecule has 0 bridgehead atoms. The summed E-state index contributed by atoms with van der Waals surface area (Å²) in [6.45, 7) is 6.93. The van der Waals surface area contributed by atoms with E-state index in [-0.39, 0.29) is 30.2 Å². The maximum Gasteiger partial charge on any atom is 0.238 e. The summed E-state index contributed by atoms with van der Waals surface area (Å²) in [4.78, 5) is 30.5. The largest absolute Gasteiger partial charge is 0.339 e. The average molecular weight is 495 g/mol. The zero-order valence-electron chi connectivity index (χ0n) is 20.1. The molecule has 8 heteroatoms. The molecular weight excluding hydrogens is 463 g/mol. The van der Waals surface area contributed by atoms with Gasteiger partial charge in [0.15, 0.2) is 0 Å². The standard InChI is InChI=1S/C27H31FN4O2S/c1-19-5-3-6-20(2)26(19)30-24(33)18-31-12-14-32(15-13-31)25(34)17-29-27(23-7-4-16-35-23)21-8-10-22(28)11-9-21/h3-11,16,27,29H,12-15,17-18H2,1-2H3,(H,30,33)/t27-/m0/s1. The van der Waals surface area contributed by atoms with Crippen molar-refractivity contribution in [2.45, 2.75) is 19.9 Å². The van der Waals surface area contributed by atoms with E-state index in [1.807, 2.05) is 54.5 Å². The molecule has 1 fully saturated rings. The molecule has 35 heavy (non-hydrogen) atoms. The Bertz CT molecular complexity index is 1120. The summed E-state index contributed by atoms with van der Waals surface area (Å²) in [6.07, 6.45) is 0. The molecule has 2 amide bonds. The first-order chi connectivity index (χ1) is 16.9. The summed E-state index contributed by atoms with van der Waals surface area (Å²) in [5.74, 6) is -0.300. The quantitative estimate of drug-likeness (QED) is 0.498. The first-order valence-electron chi connectivity index (χ1n) is 11.8. The molecule has 1 aliphatic heterocycles. The second-order valence-electron chi connectivity index (χ2n) is 8.85. The number of piperazine rings is 1. The number of aryl methyl sites for hydroxylation is 2. The Morgan fingerprint density at radius 2 is 1.66 bits per heavy atom. The minimum atomic E-state index is -0.282. The van der Waals surface area contributed by atoms with Crippen LogP contribution in [0.25, 0.3) is 0 Å². The van der Waals surface area contributed by atoms with Gasteiger partial charge in [-0.05, 0) is 54.1 Å². The van der Waals surface area contributed by atoms with E-state index in [0.29, 0.717) is 32.7 Å². The van der Waals surface area contributed by atoms with Gasteiger partial charge in [0.05, 0.1) is 19.1 Å². The number of rotatable bonds is 8. The molecule has 3 aromatic rings. The van der Waals surface area contributed by atoms with Crippen LogP contribution in [-0.4, -0.2) is 60.9 Å². The Labute approximate surface area is 209 Å². The van der Waals surface area contributed by atoms with Crippen LogP contribution in [0.4, 0.5) is 10.1 Å². The van der Waals surface area contributed by atoms with E-state index in [1.165, 1.54) is 12.1 Å². The molecule has 2 aromatic carbocycles. The summed E-state index contributed by atoms with van der Waals surface area (Å²) >= 11 is 1.60. The lowest BCUT2D eigenvalue weighted by atomic mass is 10.1. The number of thiophene rings is 1. The van der Waals surface area contributed by atoms with Crippen molar-refractivity contribution in [1.82, 2.24) is 15.1 Å². The highest BCUT2D eigenvalue weighted by Crippen LogP contribution is 2.26. The fraction of sp³-hybridized carbons (Fsp3) is 0.333. The number of nitrogens with zero attached hydrogens (tertiary/aromatic N) is 2. The van der Waals surface area contributed by atoms with Gasteiger partial charge >= 0.3 is 0 Å². The molecule has 0 spiro atoms. The van der Waals surface area contributed by atoms with Gasteiger partial charge in [0, 0.05) is 36.7 Å². The Balaban J connectivity index is 1.27. The molecule has 184 valence electrons. The zero-order chi connectivity index (χ0) is 24.8. The number of carbonyl (C=O) groups excluding carboxylic acids is 2. The molecule has 2 heterocycles. The first kappa shape index (κ1) is 25.0. The summed E-state index contributed by atoms with van der Waals surface area (Å²) < 4.78 is 13.4. The van der Waals surface area contributed by atoms with Crippen LogP contribution < -0.4 is 10.6 Å². The SMILES string of the molecule is Cc1cccc(C)c1NC(=O)CN1CCN(C(=O)CN[C@@H](c2ccc(F)cc2)c2cccs2)CC1. The minimum Gasteiger partial charge on any atom is -0.339 e. The second-order valence-corrected chi connectivity index (χ2v) is 9.83. The van der Waals surface area contributed by atoms with E-state index < -0.39 is 0 Å². The van der Waals surface area contributed by atoms with E-state index in [4.69, 9.17) is 0 Å². The number of benzene rings is 2. The van der Waals surface area contributed by atoms with Gasteiger partial charge < -0.3 is 10.2 Å². The van der Waals surface area contributed by atoms with E-state index in [2.05, 4.69) is 15.5 Å². The molecule has 4 rings (SSSR count). The second kappa shape index (κ2) is 11.6. The van der Waals surface area contributed by atoms with Gasteiger partial charge in [-0.25, -0.2) is 4.39 Å². The van der Waals surface area contributed by atoms with E-state index in [1.54, 1.807) is 23.5 Å². The van der Waals surface area contributed by atoms with Crippen molar-refractivity contribution in [1.29, 1.82) is 0 Å². The van der Waals surface area contributed by atoms with Crippen LogP contribution in [-0.2, 0) is 9.59 Å². The lowest BCUT2D eigenvalue weighted by Crippen LogP contribution is -2.52. The Kier molecular flexibility index (Phi) is 8.28. The molecule has 1 saturated heterocycles. The lowest BCUT2D eigenvalue weighted by molar-refractivity contribution is -0.132. The summed E-state index contributed by atoms with van der Waals surface area (Å²) in [5, 5.41) is 8.38. The smallest absolute Gasteiger partial charge is 0.238 e. The lowest BCUT2D eigenvalue weighted by Gasteiger charge is -2.34. The molecule has 0 saturated carbocycles. The topological polar surface area (TPSA) is 64.7 Å². The molecule has 2 N–H and O–H groups in total. The zero-order valence-corrected chi connectivity index (χ0v) is 20.9. The minimum absolute atomic E-state index is 0.0216. The van der Waals surface area contributed by atoms with Gasteiger partial charge in [-0.15, -0.1) is 11.3 Å². The highest BCUT2D eigenvalue weighted by molar-refractivity contribution is 7.10. The van der Waals surface area contributed by atoms with Crippen LogP contribution in [0.3, 0.4) is 0 Å². The third kappa shape index (κ3) is 6.54. The summed E-state index contributed by atoms with van der Waals surface area (Å²) in [5.41, 5.74) is 3.88. The fourth-order valence-corrected chi connectivity index (χ4v) is 5.17. The highest BCUT2D eigenvalue weighted by atomic mass is 32.1. The molecule has 1 aromatic heterocycles. The molecule has 0 aliphatic carbocycles. The molecular formula is C27H31FN4O2S. The summed E-state index contributed by atoms with van der Waals surface area (Å²) in [7, 11) is 0. The van der Waals surface area contributed by atoms with Crippen molar-refractivity contribution >= 4 is 28.8 Å². The Morgan fingerprint density at radius 1 is 0.971 bits per heavy atom. The van der Waals surface area contributed by atoms with Gasteiger partial charge in [-0.1, -0.05) is 36.4 Å². The number of amides is 2.